The van der Waals surface area contributed by atoms with Crippen molar-refractivity contribution in [3.8, 4) is 11.5 Å². The second-order valence-electron chi connectivity index (χ2n) is 3.74. The van der Waals surface area contributed by atoms with Gasteiger partial charge in [-0.1, -0.05) is 0 Å². The second-order valence-corrected chi connectivity index (χ2v) is 3.74. The lowest BCUT2D eigenvalue weighted by Crippen LogP contribution is -2.27. The molecule has 1 N–H and O–H groups in total. The number of ether oxygens (including phenoxy) is 2. The van der Waals surface area contributed by atoms with Crippen LogP contribution in [0.2, 0.25) is 0 Å². The predicted molar refractivity (Wildman–Crippen MR) is 64.1 cm³/mol. The van der Waals surface area contributed by atoms with Crippen LogP contribution in [0.4, 0.5) is 0 Å². The Labute approximate surface area is 105 Å². The Hall–Kier alpha value is -2.24. The Morgan fingerprint density at radius 2 is 2.00 bits per heavy atom. The van der Waals surface area contributed by atoms with Crippen LogP contribution < -0.4 is 9.47 Å². The van der Waals surface area contributed by atoms with Crippen molar-refractivity contribution in [2.24, 2.45) is 0 Å². The van der Waals surface area contributed by atoms with Gasteiger partial charge in [-0.05, 0) is 18.2 Å². The van der Waals surface area contributed by atoms with E-state index in [4.69, 9.17) is 14.6 Å². The van der Waals surface area contributed by atoms with E-state index in [0.29, 0.717) is 5.75 Å². The van der Waals surface area contributed by atoms with E-state index in [1.807, 2.05) is 0 Å². The van der Waals surface area contributed by atoms with E-state index in [0.717, 1.165) is 0 Å². The summed E-state index contributed by atoms with van der Waals surface area (Å²) < 4.78 is 10.1. The Bertz CT molecular complexity index is 456. The molecule has 0 unspecified atom stereocenters. The van der Waals surface area contributed by atoms with Crippen molar-refractivity contribution in [1.82, 2.24) is 4.90 Å². The lowest BCUT2D eigenvalue weighted by Gasteiger charge is -2.13. The molecule has 98 valence electrons. The van der Waals surface area contributed by atoms with Gasteiger partial charge in [-0.3, -0.25) is 4.79 Å². The zero-order valence-electron chi connectivity index (χ0n) is 10.5. The van der Waals surface area contributed by atoms with E-state index in [9.17, 15) is 9.59 Å². The van der Waals surface area contributed by atoms with Crippen LogP contribution in [0, 0.1) is 0 Å². The number of carbonyl (C=O) groups excluding carboxylic acids is 1. The number of nitrogens with zero attached hydrogens (tertiary/aromatic N) is 1. The molecule has 0 saturated carbocycles. The van der Waals surface area contributed by atoms with Gasteiger partial charge >= 0.3 is 5.97 Å². The highest BCUT2D eigenvalue weighted by Crippen LogP contribution is 2.24. The lowest BCUT2D eigenvalue weighted by molar-refractivity contribution is -0.130. The van der Waals surface area contributed by atoms with Crippen molar-refractivity contribution in [3.05, 3.63) is 23.8 Å². The van der Waals surface area contributed by atoms with Crippen LogP contribution >= 0.6 is 0 Å². The molecule has 0 bridgehead atoms. The molecule has 1 amide bonds. The molecule has 0 heterocycles. The first-order valence-electron chi connectivity index (χ1n) is 5.20. The van der Waals surface area contributed by atoms with Gasteiger partial charge in [0.15, 0.2) is 6.61 Å². The fourth-order valence-electron chi connectivity index (χ4n) is 1.20. The van der Waals surface area contributed by atoms with Gasteiger partial charge in [-0.2, -0.15) is 0 Å². The first-order valence-corrected chi connectivity index (χ1v) is 5.20. The zero-order valence-corrected chi connectivity index (χ0v) is 10.5. The molecule has 0 aromatic heterocycles. The summed E-state index contributed by atoms with van der Waals surface area (Å²) in [4.78, 5) is 23.8. The number of aromatic carboxylic acids is 1. The third-order valence-electron chi connectivity index (χ3n) is 2.27. The average molecular weight is 253 g/mol. The summed E-state index contributed by atoms with van der Waals surface area (Å²) in [6, 6.07) is 4.38. The average Bonchev–Trinajstić information content (AvgIpc) is 2.35. The minimum absolute atomic E-state index is 0.0408. The Morgan fingerprint density at radius 1 is 1.33 bits per heavy atom. The number of rotatable bonds is 5. The number of likely N-dealkylation sites (N-methyl/N-ethyl adjacent to an activating group) is 1. The van der Waals surface area contributed by atoms with Crippen LogP contribution in [0.5, 0.6) is 11.5 Å². The van der Waals surface area contributed by atoms with Gasteiger partial charge < -0.3 is 19.5 Å². The highest BCUT2D eigenvalue weighted by molar-refractivity contribution is 5.91. The van der Waals surface area contributed by atoms with Crippen molar-refractivity contribution < 1.29 is 24.2 Å². The Balaban J connectivity index is 2.88. The first kappa shape index (κ1) is 13.8. The molecular formula is C12H15NO5. The van der Waals surface area contributed by atoms with E-state index < -0.39 is 5.97 Å². The van der Waals surface area contributed by atoms with Gasteiger partial charge in [0, 0.05) is 14.1 Å². The van der Waals surface area contributed by atoms with Crippen molar-refractivity contribution >= 4 is 11.9 Å². The SMILES string of the molecule is COc1ccc(OCC(=O)N(C)C)c(C(=O)O)c1. The Morgan fingerprint density at radius 3 is 2.50 bits per heavy atom. The maximum atomic E-state index is 11.3. The number of benzene rings is 1. The first-order chi connectivity index (χ1) is 8.45. The molecule has 0 atom stereocenters. The molecule has 0 aliphatic carbocycles. The summed E-state index contributed by atoms with van der Waals surface area (Å²) in [7, 11) is 4.63. The van der Waals surface area contributed by atoms with E-state index in [2.05, 4.69) is 0 Å². The standard InChI is InChI=1S/C12H15NO5/c1-13(2)11(14)7-18-10-5-4-8(17-3)6-9(10)12(15)16/h4-6H,7H2,1-3H3,(H,15,16). The second kappa shape index (κ2) is 5.90. The number of carbonyl (C=O) groups is 2. The zero-order chi connectivity index (χ0) is 13.7. The number of amides is 1. The van der Waals surface area contributed by atoms with Crippen LogP contribution in [0.1, 0.15) is 10.4 Å². The molecule has 0 radical (unpaired) electrons. The summed E-state index contributed by atoms with van der Waals surface area (Å²) in [5.41, 5.74) is -0.0408. The van der Waals surface area contributed by atoms with Crippen LogP contribution in [-0.2, 0) is 4.79 Å². The number of hydrogen-bond donors (Lipinski definition) is 1. The minimum Gasteiger partial charge on any atom is -0.497 e. The minimum atomic E-state index is -1.14. The molecule has 1 aromatic carbocycles. The Kier molecular flexibility index (Phi) is 4.53. The van der Waals surface area contributed by atoms with Crippen molar-refractivity contribution in [3.63, 3.8) is 0 Å². The van der Waals surface area contributed by atoms with Crippen molar-refractivity contribution in [2.75, 3.05) is 27.8 Å². The topological polar surface area (TPSA) is 76.1 Å². The number of carboxylic acid groups (broad SMARTS) is 1. The molecule has 1 rings (SSSR count). The summed E-state index contributed by atoms with van der Waals surface area (Å²) in [6.07, 6.45) is 0. The van der Waals surface area contributed by atoms with Gasteiger partial charge in [0.05, 0.1) is 7.11 Å². The fourth-order valence-corrected chi connectivity index (χ4v) is 1.20. The van der Waals surface area contributed by atoms with Crippen LogP contribution in [0.25, 0.3) is 0 Å². The number of hydrogen-bond acceptors (Lipinski definition) is 4. The number of methoxy groups -OCH3 is 1. The summed E-state index contributed by atoms with van der Waals surface area (Å²) in [5.74, 6) is -0.833. The smallest absolute Gasteiger partial charge is 0.339 e. The number of carboxylic acids is 1. The highest BCUT2D eigenvalue weighted by atomic mass is 16.5. The third-order valence-corrected chi connectivity index (χ3v) is 2.27. The van der Waals surface area contributed by atoms with Crippen molar-refractivity contribution in [1.29, 1.82) is 0 Å². The van der Waals surface area contributed by atoms with E-state index in [1.54, 1.807) is 20.2 Å². The molecule has 0 aliphatic rings. The molecule has 0 saturated heterocycles. The fraction of sp³-hybridized carbons (Fsp3) is 0.333. The molecule has 6 nitrogen and oxygen atoms in total. The molecule has 0 aliphatic heterocycles. The molecule has 6 heteroatoms. The van der Waals surface area contributed by atoms with Gasteiger partial charge in [0.25, 0.3) is 5.91 Å². The van der Waals surface area contributed by atoms with Gasteiger partial charge in [0.2, 0.25) is 0 Å². The largest absolute Gasteiger partial charge is 0.497 e. The van der Waals surface area contributed by atoms with E-state index in [-0.39, 0.29) is 23.8 Å². The summed E-state index contributed by atoms with van der Waals surface area (Å²) in [6.45, 7) is -0.209. The molecule has 1 aromatic rings. The predicted octanol–water partition coefficient (Wildman–Crippen LogP) is 0.860. The van der Waals surface area contributed by atoms with Crippen LogP contribution in [0.15, 0.2) is 18.2 Å². The molecule has 0 fully saturated rings. The maximum Gasteiger partial charge on any atom is 0.339 e. The summed E-state index contributed by atoms with van der Waals surface area (Å²) >= 11 is 0. The van der Waals surface area contributed by atoms with E-state index >= 15 is 0 Å². The molecule has 0 spiro atoms. The molecule has 18 heavy (non-hydrogen) atoms. The van der Waals surface area contributed by atoms with Gasteiger partial charge in [-0.25, -0.2) is 4.79 Å². The third kappa shape index (κ3) is 3.38. The van der Waals surface area contributed by atoms with Crippen LogP contribution in [-0.4, -0.2) is 49.7 Å². The summed E-state index contributed by atoms with van der Waals surface area (Å²) in [5, 5.41) is 9.03. The normalized spacial score (nSPS) is 9.72. The van der Waals surface area contributed by atoms with E-state index in [1.165, 1.54) is 24.1 Å². The van der Waals surface area contributed by atoms with Gasteiger partial charge in [-0.15, -0.1) is 0 Å². The molecular weight excluding hydrogens is 238 g/mol. The van der Waals surface area contributed by atoms with Gasteiger partial charge in [0.1, 0.15) is 17.1 Å². The van der Waals surface area contributed by atoms with Crippen molar-refractivity contribution in [2.45, 2.75) is 0 Å². The quantitative estimate of drug-likeness (QED) is 0.842. The highest BCUT2D eigenvalue weighted by Gasteiger charge is 2.14. The lowest BCUT2D eigenvalue weighted by atomic mass is 10.2. The monoisotopic (exact) mass is 253 g/mol. The van der Waals surface area contributed by atoms with Crippen LogP contribution in [0.3, 0.4) is 0 Å². The maximum absolute atomic E-state index is 11.3.